The van der Waals surface area contributed by atoms with Crippen LogP contribution in [0.3, 0.4) is 0 Å². The average molecular weight is 293 g/mol. The van der Waals surface area contributed by atoms with E-state index in [0.717, 1.165) is 17.1 Å². The van der Waals surface area contributed by atoms with E-state index in [1.807, 2.05) is 0 Å². The summed E-state index contributed by atoms with van der Waals surface area (Å²) in [5.74, 6) is 5.30. The molecule has 0 radical (unpaired) electrons. The van der Waals surface area contributed by atoms with Crippen LogP contribution in [0.5, 0.6) is 0 Å². The van der Waals surface area contributed by atoms with Gasteiger partial charge in [0.15, 0.2) is 0 Å². The molecule has 1 aromatic carbocycles. The van der Waals surface area contributed by atoms with Gasteiger partial charge in [0, 0.05) is 5.56 Å². The van der Waals surface area contributed by atoms with Crippen molar-refractivity contribution in [3.63, 3.8) is 0 Å². The number of carbonyl (C=O) groups is 1. The number of hydrogen-bond donors (Lipinski definition) is 2. The van der Waals surface area contributed by atoms with Gasteiger partial charge >= 0.3 is 0 Å². The van der Waals surface area contributed by atoms with E-state index in [4.69, 9.17) is 17.3 Å². The molecule has 19 heavy (non-hydrogen) atoms. The highest BCUT2D eigenvalue weighted by atomic mass is 35.5. The summed E-state index contributed by atoms with van der Waals surface area (Å²) >= 11 is 7.03. The van der Waals surface area contributed by atoms with Crippen molar-refractivity contribution in [2.45, 2.75) is 0 Å². The van der Waals surface area contributed by atoms with Gasteiger partial charge in [-0.2, -0.15) is 0 Å². The fourth-order valence-corrected chi connectivity index (χ4v) is 1.88. The Labute approximate surface area is 118 Å². The first-order chi connectivity index (χ1) is 9.20. The minimum absolute atomic E-state index is 0.275. The van der Waals surface area contributed by atoms with E-state index in [1.54, 1.807) is 18.2 Å². The molecule has 1 aromatic heterocycles. The Balaban J connectivity index is 2.22. The number of nitrogens with zero attached hydrogens (tertiary/aromatic N) is 2. The van der Waals surface area contributed by atoms with Gasteiger partial charge in [0.1, 0.15) is 4.88 Å². The van der Waals surface area contributed by atoms with Crippen LogP contribution in [0, 0.1) is 11.8 Å². The van der Waals surface area contributed by atoms with Crippen LogP contribution in [-0.2, 0) is 0 Å². The summed E-state index contributed by atoms with van der Waals surface area (Å²) < 4.78 is 3.63. The molecule has 0 saturated heterocycles. The molecule has 0 aliphatic rings. The zero-order valence-corrected chi connectivity index (χ0v) is 11.3. The second-order valence-corrected chi connectivity index (χ2v) is 4.63. The van der Waals surface area contributed by atoms with Gasteiger partial charge in [-0.05, 0) is 29.7 Å². The van der Waals surface area contributed by atoms with E-state index in [1.165, 1.54) is 6.20 Å². The van der Waals surface area contributed by atoms with Crippen LogP contribution in [0.4, 0.5) is 5.69 Å². The molecular formula is C12H9ClN4OS. The van der Waals surface area contributed by atoms with Crippen molar-refractivity contribution >= 4 is 34.7 Å². The van der Waals surface area contributed by atoms with Gasteiger partial charge in [0.2, 0.25) is 0 Å². The lowest BCUT2D eigenvalue weighted by molar-refractivity contribution is 0.103. The molecule has 0 spiro atoms. The number of anilines is 1. The van der Waals surface area contributed by atoms with Crippen molar-refractivity contribution in [1.29, 1.82) is 0 Å². The maximum atomic E-state index is 11.9. The van der Waals surface area contributed by atoms with Gasteiger partial charge in [0.05, 0.1) is 23.5 Å². The molecule has 7 heteroatoms. The Kier molecular flexibility index (Phi) is 4.47. The normalized spacial score (nSPS) is 9.58. The Bertz CT molecular complexity index is 645. The molecule has 1 heterocycles. The van der Waals surface area contributed by atoms with Crippen LogP contribution in [-0.4, -0.2) is 22.0 Å². The molecule has 0 aliphatic heterocycles. The second-order valence-electron chi connectivity index (χ2n) is 3.44. The van der Waals surface area contributed by atoms with Gasteiger partial charge < -0.3 is 11.1 Å². The van der Waals surface area contributed by atoms with E-state index in [-0.39, 0.29) is 12.5 Å². The monoisotopic (exact) mass is 292 g/mol. The zero-order chi connectivity index (χ0) is 13.7. The summed E-state index contributed by atoms with van der Waals surface area (Å²) in [4.78, 5) is 12.3. The maximum absolute atomic E-state index is 11.9. The minimum Gasteiger partial charge on any atom is -0.320 e. The predicted molar refractivity (Wildman–Crippen MR) is 75.2 cm³/mol. The average Bonchev–Trinajstić information content (AvgIpc) is 2.93. The summed E-state index contributed by atoms with van der Waals surface area (Å²) in [5, 5.41) is 6.73. The minimum atomic E-state index is -0.305. The Morgan fingerprint density at radius 1 is 1.53 bits per heavy atom. The van der Waals surface area contributed by atoms with Gasteiger partial charge in [-0.1, -0.05) is 27.9 Å². The van der Waals surface area contributed by atoms with Crippen molar-refractivity contribution in [1.82, 2.24) is 9.59 Å². The largest absolute Gasteiger partial charge is 0.320 e. The van der Waals surface area contributed by atoms with Crippen LogP contribution >= 0.6 is 23.1 Å². The third-order valence-corrected chi connectivity index (χ3v) is 3.13. The Morgan fingerprint density at radius 3 is 3.05 bits per heavy atom. The first-order valence-electron chi connectivity index (χ1n) is 5.28. The number of amides is 1. The molecule has 0 unspecified atom stereocenters. The number of carbonyl (C=O) groups excluding carboxylic acids is 1. The molecule has 0 fully saturated rings. The van der Waals surface area contributed by atoms with Gasteiger partial charge in [-0.25, -0.2) is 0 Å². The first-order valence-corrected chi connectivity index (χ1v) is 6.43. The van der Waals surface area contributed by atoms with Crippen molar-refractivity contribution < 1.29 is 4.79 Å². The van der Waals surface area contributed by atoms with E-state index >= 15 is 0 Å². The molecule has 1 amide bonds. The number of halogens is 1. The number of rotatable bonds is 2. The van der Waals surface area contributed by atoms with Crippen LogP contribution in [0.1, 0.15) is 15.2 Å². The lowest BCUT2D eigenvalue weighted by atomic mass is 10.2. The Hall–Kier alpha value is -1.94. The van der Waals surface area contributed by atoms with Crippen molar-refractivity contribution in [3.05, 3.63) is 39.9 Å². The van der Waals surface area contributed by atoms with Crippen LogP contribution < -0.4 is 11.1 Å². The maximum Gasteiger partial charge on any atom is 0.269 e. The van der Waals surface area contributed by atoms with E-state index < -0.39 is 0 Å². The smallest absolute Gasteiger partial charge is 0.269 e. The number of nitrogens with one attached hydrogen (secondary N) is 1. The lowest BCUT2D eigenvalue weighted by Gasteiger charge is -2.06. The quantitative estimate of drug-likeness (QED) is 0.826. The predicted octanol–water partition coefficient (Wildman–Crippen LogP) is 1.75. The number of aromatic nitrogens is 2. The number of benzene rings is 1. The van der Waals surface area contributed by atoms with Crippen molar-refractivity contribution in [2.24, 2.45) is 5.73 Å². The summed E-state index contributed by atoms with van der Waals surface area (Å²) in [6.45, 7) is 0.275. The first kappa shape index (κ1) is 13.5. The highest BCUT2D eigenvalue weighted by Gasteiger charge is 2.10. The van der Waals surface area contributed by atoms with Gasteiger partial charge in [-0.3, -0.25) is 4.79 Å². The second kappa shape index (κ2) is 6.29. The highest BCUT2D eigenvalue weighted by molar-refractivity contribution is 7.07. The third kappa shape index (κ3) is 3.51. The molecule has 0 atom stereocenters. The van der Waals surface area contributed by atoms with Crippen LogP contribution in [0.15, 0.2) is 24.4 Å². The lowest BCUT2D eigenvalue weighted by Crippen LogP contribution is -2.10. The molecule has 2 aromatic rings. The van der Waals surface area contributed by atoms with Crippen LogP contribution in [0.2, 0.25) is 5.02 Å². The summed E-state index contributed by atoms with van der Waals surface area (Å²) in [6, 6.07) is 5.12. The van der Waals surface area contributed by atoms with Crippen LogP contribution in [0.25, 0.3) is 0 Å². The third-order valence-electron chi connectivity index (χ3n) is 2.13. The molecular weight excluding hydrogens is 284 g/mol. The van der Waals surface area contributed by atoms with E-state index in [2.05, 4.69) is 26.7 Å². The molecule has 0 aliphatic carbocycles. The van der Waals surface area contributed by atoms with Crippen molar-refractivity contribution in [2.75, 3.05) is 11.9 Å². The number of nitrogens with two attached hydrogens (primary N) is 1. The van der Waals surface area contributed by atoms with E-state index in [9.17, 15) is 4.79 Å². The fraction of sp³-hybridized carbons (Fsp3) is 0.0833. The summed E-state index contributed by atoms with van der Waals surface area (Å²) in [6.07, 6.45) is 1.39. The molecule has 96 valence electrons. The molecule has 3 N–H and O–H groups in total. The van der Waals surface area contributed by atoms with Crippen molar-refractivity contribution in [3.8, 4) is 11.8 Å². The SMILES string of the molecule is NCC#Cc1ccc(Cl)c(NC(=O)c2cnns2)c1. The standard InChI is InChI=1S/C12H9ClN4OS/c13-9-4-3-8(2-1-5-14)6-10(9)16-12(18)11-7-15-17-19-11/h3-4,6-7H,5,14H2,(H,16,18). The van der Waals surface area contributed by atoms with Gasteiger partial charge in [0.25, 0.3) is 5.91 Å². The number of hydrogen-bond acceptors (Lipinski definition) is 5. The Morgan fingerprint density at radius 2 is 2.37 bits per heavy atom. The molecule has 2 rings (SSSR count). The fourth-order valence-electron chi connectivity index (χ4n) is 1.30. The summed E-state index contributed by atoms with van der Waals surface area (Å²) in [5.41, 5.74) is 6.53. The molecule has 0 bridgehead atoms. The topological polar surface area (TPSA) is 80.9 Å². The zero-order valence-electron chi connectivity index (χ0n) is 9.68. The summed E-state index contributed by atoms with van der Waals surface area (Å²) in [7, 11) is 0. The van der Waals surface area contributed by atoms with Gasteiger partial charge in [-0.15, -0.1) is 5.10 Å². The van der Waals surface area contributed by atoms with E-state index in [0.29, 0.717) is 15.6 Å². The molecule has 0 saturated carbocycles. The highest BCUT2D eigenvalue weighted by Crippen LogP contribution is 2.23. The molecule has 5 nitrogen and oxygen atoms in total.